The first-order valence-electron chi connectivity index (χ1n) is 5.81. The zero-order chi connectivity index (χ0) is 14.1. The highest BCUT2D eigenvalue weighted by Crippen LogP contribution is 2.12. The number of hydrogen-bond acceptors (Lipinski definition) is 4. The lowest BCUT2D eigenvalue weighted by Crippen LogP contribution is -2.09. The minimum atomic E-state index is -0.974. The third-order valence-electron chi connectivity index (χ3n) is 2.22. The number of ether oxygens (including phenoxy) is 2. The fraction of sp³-hybridized carbons (Fsp3) is 0.385. The van der Waals surface area contributed by atoms with Gasteiger partial charge in [0.2, 0.25) is 0 Å². The van der Waals surface area contributed by atoms with Crippen molar-refractivity contribution in [2.75, 3.05) is 19.1 Å². The van der Waals surface area contributed by atoms with Crippen molar-refractivity contribution in [1.82, 2.24) is 0 Å². The van der Waals surface area contributed by atoms with Gasteiger partial charge < -0.3 is 14.6 Å². The molecule has 0 aliphatic rings. The predicted molar refractivity (Wildman–Crippen MR) is 69.8 cm³/mol. The van der Waals surface area contributed by atoms with E-state index in [9.17, 15) is 9.59 Å². The van der Waals surface area contributed by atoms with Crippen LogP contribution < -0.4 is 4.74 Å². The largest absolute Gasteiger partial charge is 0.493 e. The number of carbonyl (C=O) groups excluding carboxylic acids is 1. The van der Waals surface area contributed by atoms with Gasteiger partial charge in [0.15, 0.2) is 0 Å². The number of carboxylic acid groups (broad SMARTS) is 1. The van der Waals surface area contributed by atoms with Crippen LogP contribution in [0.4, 0.5) is 0 Å². The summed E-state index contributed by atoms with van der Waals surface area (Å²) in [5, 5.41) is 8.72. The number of rotatable bonds is 8. The fourth-order valence-electron chi connectivity index (χ4n) is 1.28. The minimum absolute atomic E-state index is 0.207. The van der Waals surface area contributed by atoms with Gasteiger partial charge in [-0.05, 0) is 24.3 Å². The normalized spacial score (nSPS) is 9.95. The molecule has 0 radical (unpaired) electrons. The number of carboxylic acids is 1. The molecule has 0 atom stereocenters. The zero-order valence-electron chi connectivity index (χ0n) is 10.3. The summed E-state index contributed by atoms with van der Waals surface area (Å²) in [7, 11) is 0. The Labute approximate surface area is 116 Å². The van der Waals surface area contributed by atoms with Crippen LogP contribution in [0.5, 0.6) is 5.75 Å². The van der Waals surface area contributed by atoms with Crippen LogP contribution in [-0.4, -0.2) is 36.1 Å². The summed E-state index contributed by atoms with van der Waals surface area (Å²) in [6.45, 7) is 0.670. The van der Waals surface area contributed by atoms with Gasteiger partial charge in [-0.1, -0.05) is 0 Å². The van der Waals surface area contributed by atoms with Crippen LogP contribution >= 0.6 is 11.6 Å². The van der Waals surface area contributed by atoms with Gasteiger partial charge in [-0.2, -0.15) is 0 Å². The molecule has 0 amide bonds. The highest BCUT2D eigenvalue weighted by atomic mass is 35.5. The molecule has 0 aromatic heterocycles. The van der Waals surface area contributed by atoms with Crippen LogP contribution in [-0.2, 0) is 9.53 Å². The number of alkyl halides is 1. The van der Waals surface area contributed by atoms with Crippen molar-refractivity contribution in [1.29, 1.82) is 0 Å². The van der Waals surface area contributed by atoms with E-state index < -0.39 is 5.97 Å². The number of carbonyl (C=O) groups is 2. The Morgan fingerprint density at radius 3 is 2.42 bits per heavy atom. The lowest BCUT2D eigenvalue weighted by Gasteiger charge is -2.07. The Morgan fingerprint density at radius 2 is 1.84 bits per heavy atom. The molecule has 1 N–H and O–H groups in total. The van der Waals surface area contributed by atoms with E-state index >= 15 is 0 Å². The van der Waals surface area contributed by atoms with Crippen LogP contribution in [0.25, 0.3) is 0 Å². The molecular weight excluding hydrogens is 272 g/mol. The second-order valence-electron chi connectivity index (χ2n) is 3.69. The van der Waals surface area contributed by atoms with E-state index in [0.29, 0.717) is 18.8 Å². The predicted octanol–water partition coefficient (Wildman–Crippen LogP) is 2.33. The van der Waals surface area contributed by atoms with Gasteiger partial charge in [0.1, 0.15) is 5.75 Å². The maximum Gasteiger partial charge on any atom is 0.335 e. The Morgan fingerprint density at radius 1 is 1.16 bits per heavy atom. The molecule has 5 nitrogen and oxygen atoms in total. The van der Waals surface area contributed by atoms with Gasteiger partial charge in [-0.25, -0.2) is 4.79 Å². The molecule has 1 rings (SSSR count). The SMILES string of the molecule is O=C(CCCl)OCCCOc1ccc(C(=O)O)cc1. The smallest absolute Gasteiger partial charge is 0.335 e. The molecule has 1 aromatic carbocycles. The third kappa shape index (κ3) is 6.10. The van der Waals surface area contributed by atoms with E-state index in [0.717, 1.165) is 0 Å². The van der Waals surface area contributed by atoms with Crippen LogP contribution in [0.15, 0.2) is 24.3 Å². The average molecular weight is 287 g/mol. The Bertz CT molecular complexity index is 416. The van der Waals surface area contributed by atoms with E-state index in [4.69, 9.17) is 26.2 Å². The minimum Gasteiger partial charge on any atom is -0.493 e. The lowest BCUT2D eigenvalue weighted by atomic mass is 10.2. The molecule has 19 heavy (non-hydrogen) atoms. The van der Waals surface area contributed by atoms with Gasteiger partial charge in [0.25, 0.3) is 0 Å². The van der Waals surface area contributed by atoms with Gasteiger partial charge in [0.05, 0.1) is 25.2 Å². The van der Waals surface area contributed by atoms with Crippen molar-refractivity contribution < 1.29 is 24.2 Å². The Kier molecular flexibility index (Phi) is 6.74. The third-order valence-corrected chi connectivity index (χ3v) is 2.41. The molecule has 104 valence electrons. The molecule has 6 heteroatoms. The van der Waals surface area contributed by atoms with Gasteiger partial charge in [0, 0.05) is 12.3 Å². The van der Waals surface area contributed by atoms with Crippen molar-refractivity contribution in [3.63, 3.8) is 0 Å². The topological polar surface area (TPSA) is 72.8 Å². The number of halogens is 1. The van der Waals surface area contributed by atoms with Crippen molar-refractivity contribution in [3.8, 4) is 5.75 Å². The maximum absolute atomic E-state index is 11.0. The van der Waals surface area contributed by atoms with E-state index in [1.807, 2.05) is 0 Å². The van der Waals surface area contributed by atoms with E-state index in [-0.39, 0.29) is 30.4 Å². The number of benzene rings is 1. The number of hydrogen-bond donors (Lipinski definition) is 1. The Balaban J connectivity index is 2.19. The lowest BCUT2D eigenvalue weighted by molar-refractivity contribution is -0.143. The molecular formula is C13H15ClO5. The highest BCUT2D eigenvalue weighted by molar-refractivity contribution is 6.18. The molecule has 0 spiro atoms. The summed E-state index contributed by atoms with van der Waals surface area (Å²) < 4.78 is 10.3. The first kappa shape index (κ1) is 15.3. The molecule has 0 fully saturated rings. The molecule has 0 bridgehead atoms. The first-order valence-corrected chi connectivity index (χ1v) is 6.34. The van der Waals surface area contributed by atoms with Crippen molar-refractivity contribution >= 4 is 23.5 Å². The second-order valence-corrected chi connectivity index (χ2v) is 4.07. The maximum atomic E-state index is 11.0. The number of aromatic carboxylic acids is 1. The van der Waals surface area contributed by atoms with Crippen LogP contribution in [0.3, 0.4) is 0 Å². The van der Waals surface area contributed by atoms with E-state index in [2.05, 4.69) is 0 Å². The molecule has 0 heterocycles. The zero-order valence-corrected chi connectivity index (χ0v) is 11.1. The van der Waals surface area contributed by atoms with Gasteiger partial charge in [-0.3, -0.25) is 4.79 Å². The Hall–Kier alpha value is -1.75. The summed E-state index contributed by atoms with van der Waals surface area (Å²) in [5.41, 5.74) is 0.211. The van der Waals surface area contributed by atoms with Crippen molar-refractivity contribution in [3.05, 3.63) is 29.8 Å². The fourth-order valence-corrected chi connectivity index (χ4v) is 1.43. The van der Waals surface area contributed by atoms with Crippen LogP contribution in [0, 0.1) is 0 Å². The summed E-state index contributed by atoms with van der Waals surface area (Å²) in [5.74, 6) is -0.457. The quantitative estimate of drug-likeness (QED) is 0.451. The molecule has 0 aliphatic heterocycles. The molecule has 0 saturated heterocycles. The summed E-state index contributed by atoms with van der Waals surface area (Å²) in [6, 6.07) is 6.11. The first-order chi connectivity index (χ1) is 9.13. The second kappa shape index (κ2) is 8.37. The molecule has 0 aliphatic carbocycles. The molecule has 0 saturated carbocycles. The number of esters is 1. The van der Waals surface area contributed by atoms with Crippen molar-refractivity contribution in [2.24, 2.45) is 0 Å². The average Bonchev–Trinajstić information content (AvgIpc) is 2.39. The highest BCUT2D eigenvalue weighted by Gasteiger charge is 2.03. The van der Waals surface area contributed by atoms with Gasteiger partial charge >= 0.3 is 11.9 Å². The molecule has 1 aromatic rings. The summed E-state index contributed by atoms with van der Waals surface area (Å²) >= 11 is 5.38. The monoisotopic (exact) mass is 286 g/mol. The standard InChI is InChI=1S/C13H15ClO5/c14-7-6-12(15)19-9-1-8-18-11-4-2-10(3-5-11)13(16)17/h2-5H,1,6-9H2,(H,16,17). The van der Waals surface area contributed by atoms with Crippen molar-refractivity contribution in [2.45, 2.75) is 12.8 Å². The van der Waals surface area contributed by atoms with Gasteiger partial charge in [-0.15, -0.1) is 11.6 Å². The summed E-state index contributed by atoms with van der Waals surface area (Å²) in [4.78, 5) is 21.6. The molecule has 0 unspecified atom stereocenters. The van der Waals surface area contributed by atoms with Crippen LogP contribution in [0.2, 0.25) is 0 Å². The van der Waals surface area contributed by atoms with E-state index in [1.165, 1.54) is 12.1 Å². The van der Waals surface area contributed by atoms with E-state index in [1.54, 1.807) is 12.1 Å². The van der Waals surface area contributed by atoms with Crippen LogP contribution in [0.1, 0.15) is 23.2 Å². The summed E-state index contributed by atoms with van der Waals surface area (Å²) in [6.07, 6.45) is 0.772.